The second-order valence-electron chi connectivity index (χ2n) is 13.7. The van der Waals surface area contributed by atoms with Crippen LogP contribution in [0.25, 0.3) is 0 Å². The van der Waals surface area contributed by atoms with E-state index < -0.39 is 21.9 Å². The number of benzene rings is 1. The molecule has 4 saturated heterocycles. The van der Waals surface area contributed by atoms with Crippen molar-refractivity contribution in [2.75, 3.05) is 63.9 Å². The van der Waals surface area contributed by atoms with Gasteiger partial charge in [-0.15, -0.1) is 0 Å². The summed E-state index contributed by atoms with van der Waals surface area (Å²) in [5.41, 5.74) is 0.247. The summed E-state index contributed by atoms with van der Waals surface area (Å²) in [6.45, 7) is 9.93. The van der Waals surface area contributed by atoms with Gasteiger partial charge in [-0.3, -0.25) is 4.79 Å². The second kappa shape index (κ2) is 14.6. The van der Waals surface area contributed by atoms with Crippen molar-refractivity contribution in [2.24, 2.45) is 5.41 Å². The van der Waals surface area contributed by atoms with Crippen LogP contribution in [0.15, 0.2) is 30.7 Å². The number of carbonyl (C=O) groups excluding carboxylic acids is 1. The van der Waals surface area contributed by atoms with Crippen molar-refractivity contribution in [3.63, 3.8) is 0 Å². The number of hydrogen-bond donors (Lipinski definition) is 1. The largest absolute Gasteiger partial charge is 0.451 e. The van der Waals surface area contributed by atoms with Gasteiger partial charge in [0.15, 0.2) is 11.6 Å². The van der Waals surface area contributed by atoms with Gasteiger partial charge >= 0.3 is 0 Å². The van der Waals surface area contributed by atoms with Gasteiger partial charge in [0.05, 0.1) is 37.0 Å². The molecule has 48 heavy (non-hydrogen) atoms. The number of halogens is 1. The number of piperidine rings is 1. The van der Waals surface area contributed by atoms with E-state index in [0.29, 0.717) is 31.3 Å². The number of anilines is 1. The van der Waals surface area contributed by atoms with Gasteiger partial charge in [0.1, 0.15) is 17.9 Å². The summed E-state index contributed by atoms with van der Waals surface area (Å²) in [4.78, 5) is 28.3. The van der Waals surface area contributed by atoms with Crippen LogP contribution in [0.1, 0.15) is 62.7 Å². The quantitative estimate of drug-likeness (QED) is 0.354. The van der Waals surface area contributed by atoms with Crippen molar-refractivity contribution in [2.45, 2.75) is 70.6 Å². The highest BCUT2D eigenvalue weighted by Gasteiger charge is 2.46. The molecule has 260 valence electrons. The highest BCUT2D eigenvalue weighted by Crippen LogP contribution is 2.45. The number of aromatic nitrogens is 2. The Morgan fingerprint density at radius 3 is 2.62 bits per heavy atom. The van der Waals surface area contributed by atoms with Crippen LogP contribution in [0.4, 0.5) is 10.2 Å². The minimum atomic E-state index is -3.40. The van der Waals surface area contributed by atoms with Crippen LogP contribution in [-0.2, 0) is 14.9 Å². The first-order valence-electron chi connectivity index (χ1n) is 16.9. The van der Waals surface area contributed by atoms with Crippen LogP contribution in [0, 0.1) is 22.6 Å². The Morgan fingerprint density at radius 2 is 1.98 bits per heavy atom. The van der Waals surface area contributed by atoms with Gasteiger partial charge in [0, 0.05) is 56.8 Å². The molecular weight excluding hydrogens is 639 g/mol. The highest BCUT2D eigenvalue weighted by atomic mass is 32.2. The summed E-state index contributed by atoms with van der Waals surface area (Å²) in [5, 5.41) is 9.07. The summed E-state index contributed by atoms with van der Waals surface area (Å²) in [7, 11) is -3.40. The van der Waals surface area contributed by atoms with Gasteiger partial charge in [-0.1, -0.05) is 0 Å². The van der Waals surface area contributed by atoms with Gasteiger partial charge in [-0.05, 0) is 77.2 Å². The first-order chi connectivity index (χ1) is 23.1. The number of likely N-dealkylation sites (tertiary alicyclic amines) is 1. The third-order valence-electron chi connectivity index (χ3n) is 9.97. The average Bonchev–Trinajstić information content (AvgIpc) is 3.01. The average molecular weight is 685 g/mol. The maximum absolute atomic E-state index is 14.4. The van der Waals surface area contributed by atoms with Gasteiger partial charge < -0.3 is 24.2 Å². The molecule has 0 bridgehead atoms. The zero-order chi connectivity index (χ0) is 33.9. The molecule has 13 nitrogen and oxygen atoms in total. The molecule has 1 spiro atoms. The van der Waals surface area contributed by atoms with Crippen LogP contribution in [0.5, 0.6) is 11.5 Å². The van der Waals surface area contributed by atoms with E-state index in [0.717, 1.165) is 64.8 Å². The van der Waals surface area contributed by atoms with Crippen molar-refractivity contribution < 1.29 is 27.1 Å². The van der Waals surface area contributed by atoms with Gasteiger partial charge in [-0.2, -0.15) is 22.7 Å². The number of nitrogens with one attached hydrogen (secondary N) is 1. The third-order valence-corrected chi connectivity index (χ3v) is 11.6. The fourth-order valence-electron chi connectivity index (χ4n) is 7.00. The number of amides is 1. The summed E-state index contributed by atoms with van der Waals surface area (Å²) in [6.07, 6.45) is 7.91. The maximum atomic E-state index is 14.4. The minimum absolute atomic E-state index is 0.0781. The lowest BCUT2D eigenvalue weighted by Gasteiger charge is -2.54. The lowest BCUT2D eigenvalue weighted by atomic mass is 9.72. The van der Waals surface area contributed by atoms with Crippen molar-refractivity contribution >= 4 is 21.9 Å². The monoisotopic (exact) mass is 684 g/mol. The molecule has 2 atom stereocenters. The number of hydrogen-bond acceptors (Lipinski definition) is 10. The second-order valence-corrected chi connectivity index (χ2v) is 15.4. The van der Waals surface area contributed by atoms with Crippen molar-refractivity contribution in [3.05, 3.63) is 42.1 Å². The molecule has 0 aliphatic carbocycles. The van der Waals surface area contributed by atoms with Crippen LogP contribution in [0.2, 0.25) is 0 Å². The van der Waals surface area contributed by atoms with Gasteiger partial charge in [0.25, 0.3) is 16.1 Å². The molecule has 0 radical (unpaired) electrons. The lowest BCUT2D eigenvalue weighted by Crippen LogP contribution is -2.61. The molecule has 15 heteroatoms. The van der Waals surface area contributed by atoms with Crippen molar-refractivity contribution in [1.29, 1.82) is 5.26 Å². The van der Waals surface area contributed by atoms with E-state index in [1.54, 1.807) is 6.20 Å². The normalized spacial score (nSPS) is 22.9. The van der Waals surface area contributed by atoms with E-state index in [2.05, 4.69) is 30.6 Å². The number of carbonyl (C=O) groups is 1. The van der Waals surface area contributed by atoms with Gasteiger partial charge in [0.2, 0.25) is 0 Å². The van der Waals surface area contributed by atoms with E-state index in [4.69, 9.17) is 14.7 Å². The molecule has 4 aliphatic rings. The Bertz CT molecular complexity index is 1590. The van der Waals surface area contributed by atoms with E-state index in [1.165, 1.54) is 33.7 Å². The standard InChI is InChI=1S/C33H45FN8O5S/c1-24(2)42(14-3-11-35)32(43)28-17-25(34)5-8-29(28)47-30-18-36-23-37-31(30)40-21-33(22-40)9-15-39(16-10-33)19-27-7-6-26(20-46-27)38-48(44,45)41-12-4-13-41/h5,8,17-18,23-24,26-27,38H,3-4,6-7,9-10,12-16,19-22H2,1-2H3/t26-,27+/m1/s1. The third kappa shape index (κ3) is 7.73. The first kappa shape index (κ1) is 34.4. The first-order valence-corrected chi connectivity index (χ1v) is 18.3. The predicted molar refractivity (Wildman–Crippen MR) is 176 cm³/mol. The number of nitrogens with zero attached hydrogens (tertiary/aromatic N) is 7. The van der Waals surface area contributed by atoms with Crippen LogP contribution in [0.3, 0.4) is 0 Å². The Kier molecular flexibility index (Phi) is 10.5. The molecule has 1 aromatic heterocycles. The molecule has 6 rings (SSSR count). The van der Waals surface area contributed by atoms with E-state index in [1.807, 2.05) is 13.8 Å². The van der Waals surface area contributed by atoms with E-state index in [-0.39, 0.29) is 47.9 Å². The van der Waals surface area contributed by atoms with Crippen molar-refractivity contribution in [3.8, 4) is 17.6 Å². The fourth-order valence-corrected chi connectivity index (χ4v) is 8.49. The summed E-state index contributed by atoms with van der Waals surface area (Å²) in [5.74, 6) is 0.250. The molecule has 1 amide bonds. The smallest absolute Gasteiger partial charge is 0.279 e. The number of ether oxygens (including phenoxy) is 2. The molecule has 0 saturated carbocycles. The zero-order valence-corrected chi connectivity index (χ0v) is 28.5. The van der Waals surface area contributed by atoms with Crippen LogP contribution < -0.4 is 14.4 Å². The van der Waals surface area contributed by atoms with Gasteiger partial charge in [-0.25, -0.2) is 14.4 Å². The Morgan fingerprint density at radius 1 is 1.21 bits per heavy atom. The fraction of sp³-hybridized carbons (Fsp3) is 0.636. The molecule has 1 N–H and O–H groups in total. The van der Waals surface area contributed by atoms with Crippen molar-refractivity contribution in [1.82, 2.24) is 28.8 Å². The Hall–Kier alpha value is -3.42. The molecule has 0 unspecified atom stereocenters. The molecule has 1 aromatic carbocycles. The SMILES string of the molecule is CC(C)N(CCC#N)C(=O)c1cc(F)ccc1Oc1cncnc1N1CC2(CCN(C[C@@H]3CC[C@@H](NS(=O)(=O)N4CCC4)CO3)CC2)C1. The Labute approximate surface area is 282 Å². The Balaban J connectivity index is 1.01. The molecule has 2 aromatic rings. The predicted octanol–water partition coefficient (Wildman–Crippen LogP) is 3.16. The molecule has 4 aliphatic heterocycles. The van der Waals surface area contributed by atoms with E-state index >= 15 is 0 Å². The topological polar surface area (TPSA) is 144 Å². The van der Waals surface area contributed by atoms with Crippen LogP contribution in [-0.4, -0.2) is 116 Å². The number of rotatable bonds is 12. The maximum Gasteiger partial charge on any atom is 0.279 e. The summed E-state index contributed by atoms with van der Waals surface area (Å²) < 4.78 is 55.8. The number of nitriles is 1. The molecule has 5 heterocycles. The molecular formula is C33H45FN8O5S. The molecule has 4 fully saturated rings. The lowest BCUT2D eigenvalue weighted by molar-refractivity contribution is -0.0301. The van der Waals surface area contributed by atoms with E-state index in [9.17, 15) is 17.6 Å². The summed E-state index contributed by atoms with van der Waals surface area (Å²) in [6, 6.07) is 5.57. The van der Waals surface area contributed by atoms with Crippen LogP contribution >= 0.6 is 0 Å². The minimum Gasteiger partial charge on any atom is -0.451 e. The summed E-state index contributed by atoms with van der Waals surface area (Å²) >= 11 is 0. The highest BCUT2D eigenvalue weighted by molar-refractivity contribution is 7.87. The zero-order valence-electron chi connectivity index (χ0n) is 27.7.